The number of halogens is 2. The van der Waals surface area contributed by atoms with E-state index < -0.39 is 22.5 Å². The minimum Gasteiger partial charge on any atom is -0.457 e. The van der Waals surface area contributed by atoms with Gasteiger partial charge in [-0.1, -0.05) is 76.9 Å². The van der Waals surface area contributed by atoms with Crippen LogP contribution < -0.4 is 0 Å². The Morgan fingerprint density at radius 3 is 1.78 bits per heavy atom. The van der Waals surface area contributed by atoms with Crippen LogP contribution in [0.5, 0.6) is 0 Å². The zero-order chi connectivity index (χ0) is 20.7. The van der Waals surface area contributed by atoms with Gasteiger partial charge < -0.3 is 9.47 Å². The van der Waals surface area contributed by atoms with Crippen LogP contribution in [0.15, 0.2) is 12.1 Å². The monoisotopic (exact) mass is 414 g/mol. The van der Waals surface area contributed by atoms with E-state index in [9.17, 15) is 4.79 Å². The highest BCUT2D eigenvalue weighted by Gasteiger charge is 2.55. The lowest BCUT2D eigenvalue weighted by Gasteiger charge is -2.30. The van der Waals surface area contributed by atoms with Gasteiger partial charge in [-0.05, 0) is 53.9 Å². The number of alkyl halides is 2. The van der Waals surface area contributed by atoms with Gasteiger partial charge in [0.15, 0.2) is 0 Å². The van der Waals surface area contributed by atoms with Crippen LogP contribution in [0.2, 0.25) is 0 Å². The van der Waals surface area contributed by atoms with Crippen molar-refractivity contribution in [2.45, 2.75) is 95.8 Å². The third kappa shape index (κ3) is 4.46. The number of hydrogen-bond donors (Lipinski definition) is 0. The number of carbonyl (C=O) groups is 1. The van der Waals surface area contributed by atoms with Gasteiger partial charge in [-0.25, -0.2) is 4.79 Å². The van der Waals surface area contributed by atoms with E-state index in [1.807, 2.05) is 6.92 Å². The molecule has 1 aromatic rings. The van der Waals surface area contributed by atoms with E-state index >= 15 is 0 Å². The molecule has 27 heavy (non-hydrogen) atoms. The Bertz CT molecular complexity index is 666. The SMILES string of the molecule is CC(C)c1cc(C(C)C)c([C@H](C)O[C@H]2[C@H](C)OC(=O)C2(Cl)Cl)c(C(C)C)c1. The molecule has 1 fully saturated rings. The molecule has 0 radical (unpaired) electrons. The van der Waals surface area contributed by atoms with Crippen molar-refractivity contribution in [3.8, 4) is 0 Å². The van der Waals surface area contributed by atoms with Gasteiger partial charge in [-0.2, -0.15) is 0 Å². The number of cyclic esters (lactones) is 1. The minimum absolute atomic E-state index is 0.264. The number of ether oxygens (including phenoxy) is 2. The first kappa shape index (κ1) is 22.5. The second-order valence-electron chi connectivity index (χ2n) is 8.51. The van der Waals surface area contributed by atoms with Crippen molar-refractivity contribution < 1.29 is 14.3 Å². The fraction of sp³-hybridized carbons (Fsp3) is 0.682. The summed E-state index contributed by atoms with van der Waals surface area (Å²) in [7, 11) is 0. The van der Waals surface area contributed by atoms with E-state index in [0.717, 1.165) is 0 Å². The molecule has 1 saturated heterocycles. The highest BCUT2D eigenvalue weighted by molar-refractivity contribution is 6.58. The Kier molecular flexibility index (Phi) is 6.93. The summed E-state index contributed by atoms with van der Waals surface area (Å²) >= 11 is 12.5. The summed E-state index contributed by atoms with van der Waals surface area (Å²) in [6.07, 6.45) is -1.47. The molecule has 0 N–H and O–H groups in total. The summed E-state index contributed by atoms with van der Waals surface area (Å²) in [6, 6.07) is 4.57. The van der Waals surface area contributed by atoms with Gasteiger partial charge >= 0.3 is 5.97 Å². The molecule has 1 aromatic carbocycles. The first-order valence-corrected chi connectivity index (χ1v) is 10.5. The van der Waals surface area contributed by atoms with E-state index in [1.54, 1.807) is 6.92 Å². The molecule has 152 valence electrons. The molecular formula is C22H32Cl2O3. The van der Waals surface area contributed by atoms with Crippen LogP contribution in [-0.2, 0) is 14.3 Å². The third-order valence-corrected chi connectivity index (χ3v) is 6.02. The summed E-state index contributed by atoms with van der Waals surface area (Å²) in [5.74, 6) is 0.499. The van der Waals surface area contributed by atoms with Crippen LogP contribution in [0.1, 0.15) is 102 Å². The van der Waals surface area contributed by atoms with Crippen LogP contribution in [0, 0.1) is 0 Å². The Morgan fingerprint density at radius 1 is 0.963 bits per heavy atom. The van der Waals surface area contributed by atoms with Gasteiger partial charge in [0.1, 0.15) is 12.2 Å². The van der Waals surface area contributed by atoms with Crippen LogP contribution >= 0.6 is 23.2 Å². The van der Waals surface area contributed by atoms with Gasteiger partial charge in [0.25, 0.3) is 0 Å². The summed E-state index contributed by atoms with van der Waals surface area (Å²) < 4.78 is 9.79. The quantitative estimate of drug-likeness (QED) is 0.387. The van der Waals surface area contributed by atoms with E-state index in [2.05, 4.69) is 53.7 Å². The van der Waals surface area contributed by atoms with Crippen LogP contribution in [0.3, 0.4) is 0 Å². The molecule has 5 heteroatoms. The predicted molar refractivity (Wildman–Crippen MR) is 112 cm³/mol. The van der Waals surface area contributed by atoms with Crippen LogP contribution in [0.25, 0.3) is 0 Å². The Balaban J connectivity index is 2.51. The molecule has 1 aliphatic rings. The first-order chi connectivity index (χ1) is 12.4. The Hall–Kier alpha value is -0.770. The van der Waals surface area contributed by atoms with Crippen molar-refractivity contribution in [2.24, 2.45) is 0 Å². The summed E-state index contributed by atoms with van der Waals surface area (Å²) in [5, 5.41) is 0. The molecule has 0 aliphatic carbocycles. The molecule has 0 aromatic heterocycles. The molecule has 2 rings (SSSR count). The second kappa shape index (κ2) is 8.31. The topological polar surface area (TPSA) is 35.5 Å². The maximum absolute atomic E-state index is 11.9. The van der Waals surface area contributed by atoms with Crippen molar-refractivity contribution in [3.63, 3.8) is 0 Å². The maximum atomic E-state index is 11.9. The highest BCUT2D eigenvalue weighted by atomic mass is 35.5. The van der Waals surface area contributed by atoms with Crippen LogP contribution in [0.4, 0.5) is 0 Å². The number of esters is 1. The van der Waals surface area contributed by atoms with Gasteiger partial charge in [0.2, 0.25) is 4.33 Å². The molecular weight excluding hydrogens is 383 g/mol. The average Bonchev–Trinajstić information content (AvgIpc) is 2.75. The number of rotatable bonds is 6. The van der Waals surface area contributed by atoms with Crippen molar-refractivity contribution in [1.29, 1.82) is 0 Å². The molecule has 0 unspecified atom stereocenters. The van der Waals surface area contributed by atoms with Gasteiger partial charge in [0.05, 0.1) is 6.10 Å². The van der Waals surface area contributed by atoms with Crippen molar-refractivity contribution >= 4 is 29.2 Å². The van der Waals surface area contributed by atoms with E-state index in [0.29, 0.717) is 17.8 Å². The van der Waals surface area contributed by atoms with Crippen molar-refractivity contribution in [2.75, 3.05) is 0 Å². The standard InChI is InChI=1S/C22H32Cl2O3/c1-11(2)16-9-17(12(3)4)19(18(10-16)13(5)6)14(7)26-20-15(8)27-21(25)22(20,23)24/h9-15,20H,1-8H3/t14-,15-,20-/m0/s1. The number of hydrogen-bond acceptors (Lipinski definition) is 3. The van der Waals surface area contributed by atoms with Gasteiger partial charge in [-0.3, -0.25) is 0 Å². The average molecular weight is 415 g/mol. The summed E-state index contributed by atoms with van der Waals surface area (Å²) in [6.45, 7) is 17.0. The smallest absolute Gasteiger partial charge is 0.345 e. The van der Waals surface area contributed by atoms with E-state index in [4.69, 9.17) is 32.7 Å². The summed E-state index contributed by atoms with van der Waals surface area (Å²) in [4.78, 5) is 11.9. The first-order valence-electron chi connectivity index (χ1n) is 9.79. The number of carbonyl (C=O) groups excluding carboxylic acids is 1. The molecule has 0 spiro atoms. The predicted octanol–water partition coefficient (Wildman–Crippen LogP) is 6.62. The van der Waals surface area contributed by atoms with Crippen molar-refractivity contribution in [1.82, 2.24) is 0 Å². The maximum Gasteiger partial charge on any atom is 0.345 e. The third-order valence-electron chi connectivity index (χ3n) is 5.28. The fourth-order valence-corrected chi connectivity index (χ4v) is 4.23. The summed E-state index contributed by atoms with van der Waals surface area (Å²) in [5.41, 5.74) is 5.03. The minimum atomic E-state index is -1.68. The molecule has 1 heterocycles. The molecule has 0 saturated carbocycles. The fourth-order valence-electron chi connectivity index (χ4n) is 3.69. The highest BCUT2D eigenvalue weighted by Crippen LogP contribution is 2.43. The molecule has 0 amide bonds. The zero-order valence-electron chi connectivity index (χ0n) is 17.6. The molecule has 1 aliphatic heterocycles. The normalized spacial score (nSPS) is 23.4. The lowest BCUT2D eigenvalue weighted by molar-refractivity contribution is -0.141. The van der Waals surface area contributed by atoms with Crippen molar-refractivity contribution in [3.05, 3.63) is 34.4 Å². The lowest BCUT2D eigenvalue weighted by atomic mass is 9.82. The molecule has 3 nitrogen and oxygen atoms in total. The van der Waals surface area contributed by atoms with E-state index in [1.165, 1.54) is 22.3 Å². The zero-order valence-corrected chi connectivity index (χ0v) is 19.1. The second-order valence-corrected chi connectivity index (χ2v) is 9.90. The largest absolute Gasteiger partial charge is 0.457 e. The molecule has 0 bridgehead atoms. The van der Waals surface area contributed by atoms with Crippen LogP contribution in [-0.4, -0.2) is 22.5 Å². The van der Waals surface area contributed by atoms with Gasteiger partial charge in [0, 0.05) is 0 Å². The number of benzene rings is 1. The Labute approximate surface area is 173 Å². The van der Waals surface area contributed by atoms with Gasteiger partial charge in [-0.15, -0.1) is 0 Å². The van der Waals surface area contributed by atoms with E-state index in [-0.39, 0.29) is 6.10 Å². The molecule has 3 atom stereocenters. The lowest BCUT2D eigenvalue weighted by Crippen LogP contribution is -2.38. The Morgan fingerprint density at radius 2 is 1.44 bits per heavy atom.